The molecule has 1 saturated heterocycles. The molecule has 2 aliphatic rings. The number of carbonyl (C=O) groups excluding carboxylic acids is 1. The minimum absolute atomic E-state index is 0.0932. The minimum atomic E-state index is -0.336. The van der Waals surface area contributed by atoms with Gasteiger partial charge in [-0.2, -0.15) is 0 Å². The number of ether oxygens (including phenoxy) is 2. The van der Waals surface area contributed by atoms with Crippen LogP contribution in [-0.4, -0.2) is 47.8 Å². The fourth-order valence-corrected chi connectivity index (χ4v) is 4.56. The van der Waals surface area contributed by atoms with Gasteiger partial charge in [0.1, 0.15) is 18.5 Å². The second-order valence-corrected chi connectivity index (χ2v) is 8.75. The number of piperidine rings is 1. The molecule has 1 aromatic heterocycles. The summed E-state index contributed by atoms with van der Waals surface area (Å²) in [5.41, 5.74) is 1.22. The molecule has 0 spiro atoms. The van der Waals surface area contributed by atoms with Crippen LogP contribution in [0.2, 0.25) is 0 Å². The summed E-state index contributed by atoms with van der Waals surface area (Å²) in [6.07, 6.45) is 0.772. The molecule has 2 bridgehead atoms. The summed E-state index contributed by atoms with van der Waals surface area (Å²) < 4.78 is 13.6. The number of fused-ring (bicyclic) bond motifs is 4. The summed E-state index contributed by atoms with van der Waals surface area (Å²) in [7, 11) is 0. The molecule has 2 aliphatic heterocycles. The van der Waals surface area contributed by atoms with Crippen molar-refractivity contribution in [3.05, 3.63) is 64.6 Å². The summed E-state index contributed by atoms with van der Waals surface area (Å²) >= 11 is 0. The molecule has 3 atom stereocenters. The normalized spacial score (nSPS) is 21.7. The van der Waals surface area contributed by atoms with Crippen LogP contribution >= 0.6 is 0 Å². The van der Waals surface area contributed by atoms with E-state index in [1.54, 1.807) is 6.07 Å². The van der Waals surface area contributed by atoms with E-state index in [0.29, 0.717) is 25.0 Å². The van der Waals surface area contributed by atoms with E-state index in [-0.39, 0.29) is 23.6 Å². The molecule has 1 fully saturated rings. The molecule has 30 heavy (non-hydrogen) atoms. The van der Waals surface area contributed by atoms with Crippen molar-refractivity contribution >= 4 is 5.97 Å². The Bertz CT molecular complexity index is 924. The fourth-order valence-electron chi connectivity index (χ4n) is 4.56. The van der Waals surface area contributed by atoms with Crippen LogP contribution in [0, 0.1) is 11.8 Å². The largest absolute Gasteiger partial charge is 0.490 e. The van der Waals surface area contributed by atoms with Crippen LogP contribution in [0.5, 0.6) is 5.75 Å². The van der Waals surface area contributed by atoms with E-state index in [0.717, 1.165) is 37.5 Å². The number of hydrogen-bond acceptors (Lipinski definition) is 5. The van der Waals surface area contributed by atoms with Crippen molar-refractivity contribution in [2.75, 3.05) is 26.2 Å². The summed E-state index contributed by atoms with van der Waals surface area (Å²) in [6, 6.07) is 15.2. The lowest BCUT2D eigenvalue weighted by Gasteiger charge is -2.43. The number of aromatic nitrogens is 1. The van der Waals surface area contributed by atoms with Gasteiger partial charge in [0.05, 0.1) is 5.92 Å². The molecular weight excluding hydrogens is 380 g/mol. The van der Waals surface area contributed by atoms with Crippen molar-refractivity contribution in [3.8, 4) is 5.75 Å². The van der Waals surface area contributed by atoms with Crippen LogP contribution in [-0.2, 0) is 16.1 Å². The van der Waals surface area contributed by atoms with Crippen molar-refractivity contribution in [3.63, 3.8) is 0 Å². The first kappa shape index (κ1) is 20.7. The highest BCUT2D eigenvalue weighted by atomic mass is 16.6. The van der Waals surface area contributed by atoms with Crippen LogP contribution in [0.4, 0.5) is 0 Å². The summed E-state index contributed by atoms with van der Waals surface area (Å²) in [5, 5.41) is 0. The SMILES string of the molecule is CC(C)C(=O)OC(COc1ccccc1)CN1C[C@@H]2C[C@H](C1)c1cccc(=O)n1C2. The maximum Gasteiger partial charge on any atom is 0.308 e. The molecule has 6 heteroatoms. The zero-order chi connectivity index (χ0) is 21.1. The molecule has 0 saturated carbocycles. The second-order valence-electron chi connectivity index (χ2n) is 8.75. The number of rotatable bonds is 7. The quantitative estimate of drug-likeness (QED) is 0.657. The average molecular weight is 411 g/mol. The van der Waals surface area contributed by atoms with E-state index >= 15 is 0 Å². The lowest BCUT2D eigenvalue weighted by atomic mass is 9.83. The Morgan fingerprint density at radius 2 is 1.87 bits per heavy atom. The lowest BCUT2D eigenvalue weighted by molar-refractivity contribution is -0.155. The van der Waals surface area contributed by atoms with Crippen molar-refractivity contribution in [2.24, 2.45) is 11.8 Å². The third kappa shape index (κ3) is 4.75. The number of carbonyl (C=O) groups is 1. The predicted octanol–water partition coefficient (Wildman–Crippen LogP) is 2.91. The van der Waals surface area contributed by atoms with Crippen LogP contribution in [0.1, 0.15) is 31.9 Å². The van der Waals surface area contributed by atoms with E-state index in [1.165, 1.54) is 0 Å². The lowest BCUT2D eigenvalue weighted by Crippen LogP contribution is -2.50. The Labute approximate surface area is 177 Å². The van der Waals surface area contributed by atoms with Crippen LogP contribution in [0.3, 0.4) is 0 Å². The van der Waals surface area contributed by atoms with E-state index in [2.05, 4.69) is 11.0 Å². The first-order chi connectivity index (χ1) is 14.5. The molecule has 0 amide bonds. The van der Waals surface area contributed by atoms with Crippen molar-refractivity contribution in [1.82, 2.24) is 9.47 Å². The topological polar surface area (TPSA) is 60.8 Å². The van der Waals surface area contributed by atoms with E-state index in [9.17, 15) is 9.59 Å². The van der Waals surface area contributed by atoms with Gasteiger partial charge in [-0.3, -0.25) is 14.5 Å². The van der Waals surface area contributed by atoms with Crippen molar-refractivity contribution < 1.29 is 14.3 Å². The maximum absolute atomic E-state index is 12.3. The number of benzene rings is 1. The van der Waals surface area contributed by atoms with Gasteiger partial charge in [0, 0.05) is 43.9 Å². The van der Waals surface area contributed by atoms with Gasteiger partial charge in [-0.1, -0.05) is 38.1 Å². The molecule has 0 radical (unpaired) electrons. The molecule has 6 nitrogen and oxygen atoms in total. The number of hydrogen-bond donors (Lipinski definition) is 0. The molecule has 4 rings (SSSR count). The smallest absolute Gasteiger partial charge is 0.308 e. The molecular formula is C24H30N2O4. The second kappa shape index (κ2) is 9.04. The van der Waals surface area contributed by atoms with Gasteiger partial charge in [-0.25, -0.2) is 0 Å². The molecule has 3 heterocycles. The zero-order valence-electron chi connectivity index (χ0n) is 17.7. The summed E-state index contributed by atoms with van der Waals surface area (Å²) in [4.78, 5) is 26.9. The predicted molar refractivity (Wildman–Crippen MR) is 115 cm³/mol. The first-order valence-corrected chi connectivity index (χ1v) is 10.8. The monoisotopic (exact) mass is 410 g/mol. The molecule has 0 aliphatic carbocycles. The maximum atomic E-state index is 12.3. The average Bonchev–Trinajstić information content (AvgIpc) is 2.73. The number of esters is 1. The van der Waals surface area contributed by atoms with Gasteiger partial charge in [-0.05, 0) is 30.5 Å². The number of para-hydroxylation sites is 1. The third-order valence-electron chi connectivity index (χ3n) is 5.95. The highest BCUT2D eigenvalue weighted by Gasteiger charge is 2.35. The van der Waals surface area contributed by atoms with Crippen molar-refractivity contribution in [1.29, 1.82) is 0 Å². The Balaban J connectivity index is 1.44. The van der Waals surface area contributed by atoms with Gasteiger partial charge in [0.2, 0.25) is 0 Å². The van der Waals surface area contributed by atoms with Gasteiger partial charge in [0.15, 0.2) is 0 Å². The number of nitrogens with zero attached hydrogens (tertiary/aromatic N) is 2. The van der Waals surface area contributed by atoms with E-state index < -0.39 is 0 Å². The molecule has 1 aromatic carbocycles. The van der Waals surface area contributed by atoms with Crippen LogP contribution in [0.15, 0.2) is 53.3 Å². The molecule has 2 aromatic rings. The minimum Gasteiger partial charge on any atom is -0.490 e. The molecule has 160 valence electrons. The molecule has 0 N–H and O–H groups in total. The number of likely N-dealkylation sites (tertiary alicyclic amines) is 1. The third-order valence-corrected chi connectivity index (χ3v) is 5.95. The van der Waals surface area contributed by atoms with Crippen LogP contribution < -0.4 is 10.3 Å². The Morgan fingerprint density at radius 1 is 1.07 bits per heavy atom. The van der Waals surface area contributed by atoms with E-state index in [4.69, 9.17) is 9.47 Å². The standard InChI is InChI=1S/C24H30N2O4/c1-17(2)24(28)30-21(16-29-20-7-4-3-5-8-20)15-25-12-18-11-19(14-25)22-9-6-10-23(27)26(22)13-18/h3-10,17-19,21H,11-16H2,1-2H3/t18-,19+,21?/m0/s1. The van der Waals surface area contributed by atoms with Gasteiger partial charge < -0.3 is 14.0 Å². The van der Waals surface area contributed by atoms with Gasteiger partial charge in [-0.15, -0.1) is 0 Å². The Hall–Kier alpha value is -2.60. The summed E-state index contributed by atoms with van der Waals surface area (Å²) in [5.74, 6) is 1.16. The zero-order valence-corrected chi connectivity index (χ0v) is 17.7. The first-order valence-electron chi connectivity index (χ1n) is 10.8. The Kier molecular flexibility index (Phi) is 6.23. The Morgan fingerprint density at radius 3 is 2.63 bits per heavy atom. The molecule has 1 unspecified atom stereocenters. The van der Waals surface area contributed by atoms with Gasteiger partial charge >= 0.3 is 5.97 Å². The highest BCUT2D eigenvalue weighted by Crippen LogP contribution is 2.35. The number of pyridine rings is 1. The van der Waals surface area contributed by atoms with Gasteiger partial charge in [0.25, 0.3) is 5.56 Å². The highest BCUT2D eigenvalue weighted by molar-refractivity contribution is 5.71. The van der Waals surface area contributed by atoms with Crippen molar-refractivity contribution in [2.45, 2.75) is 38.8 Å². The fraction of sp³-hybridized carbons (Fsp3) is 0.500. The van der Waals surface area contributed by atoms with Crippen LogP contribution in [0.25, 0.3) is 0 Å². The van der Waals surface area contributed by atoms with E-state index in [1.807, 2.05) is 54.8 Å². The summed E-state index contributed by atoms with van der Waals surface area (Å²) in [6.45, 7) is 7.17.